The van der Waals surface area contributed by atoms with Gasteiger partial charge in [0.05, 0.1) is 28.4 Å². The van der Waals surface area contributed by atoms with Gasteiger partial charge in [-0.1, -0.05) is 54.6 Å². The van der Waals surface area contributed by atoms with Crippen LogP contribution in [0.5, 0.6) is 0 Å². The van der Waals surface area contributed by atoms with Crippen molar-refractivity contribution in [1.29, 1.82) is 0 Å². The lowest BCUT2D eigenvalue weighted by Crippen LogP contribution is -2.62. The number of hydrogen-bond acceptors (Lipinski definition) is 10. The smallest absolute Gasteiger partial charge is 0.338 e. The first-order valence-corrected chi connectivity index (χ1v) is 12.4. The lowest BCUT2D eigenvalue weighted by molar-refractivity contribution is -0.285. The molecule has 0 radical (unpaired) electrons. The molecule has 9 nitrogen and oxygen atoms in total. The van der Waals surface area contributed by atoms with Crippen molar-refractivity contribution in [3.8, 4) is 0 Å². The molecule has 1 saturated heterocycles. The maximum atomic E-state index is 13.2. The van der Waals surface area contributed by atoms with E-state index in [9.17, 15) is 14.4 Å². The van der Waals surface area contributed by atoms with E-state index in [2.05, 4.69) is 10.2 Å². The number of isothiocyanates is 1. The summed E-state index contributed by atoms with van der Waals surface area (Å²) in [4.78, 5) is 43.3. The summed E-state index contributed by atoms with van der Waals surface area (Å²) in [6, 6.07) is 24.8. The van der Waals surface area contributed by atoms with Gasteiger partial charge < -0.3 is 23.7 Å². The number of nitrogens with zero attached hydrogens (tertiary/aromatic N) is 1. The van der Waals surface area contributed by atoms with E-state index in [-0.39, 0.29) is 23.2 Å². The second kappa shape index (κ2) is 13.5. The van der Waals surface area contributed by atoms with Gasteiger partial charge >= 0.3 is 17.9 Å². The first-order valence-electron chi connectivity index (χ1n) is 12.0. The van der Waals surface area contributed by atoms with Crippen LogP contribution in [0.2, 0.25) is 0 Å². The van der Waals surface area contributed by atoms with Crippen molar-refractivity contribution in [2.24, 2.45) is 4.99 Å². The Balaban J connectivity index is 1.72. The molecule has 10 heteroatoms. The number of carbonyl (C=O) groups excluding carboxylic acids is 3. The standard InChI is InChI=1S/C29H25NO8S/c1-34-29-25(38-28(33)21-15-9-4-10-16-21)24(37-27(32)20-13-7-3-8-14-20)23(22(35-29)17-30-18-39)36-26(31)19-11-5-2-6-12-19/h2-16,22-25,29H,17H2,1H3/t22-,23-,24+,25+,29+/m1/s1. The van der Waals surface area contributed by atoms with Crippen molar-refractivity contribution in [2.45, 2.75) is 30.7 Å². The van der Waals surface area contributed by atoms with Crippen molar-refractivity contribution in [1.82, 2.24) is 0 Å². The summed E-state index contributed by atoms with van der Waals surface area (Å²) in [6.07, 6.45) is -6.06. The van der Waals surface area contributed by atoms with Crippen LogP contribution in [-0.2, 0) is 23.7 Å². The fourth-order valence-electron chi connectivity index (χ4n) is 4.04. The first-order chi connectivity index (χ1) is 19.0. The Kier molecular flexibility index (Phi) is 9.66. The second-order valence-corrected chi connectivity index (χ2v) is 8.60. The monoisotopic (exact) mass is 547 g/mol. The largest absolute Gasteiger partial charge is 0.452 e. The fraction of sp³-hybridized carbons (Fsp3) is 0.241. The molecule has 5 atom stereocenters. The molecule has 0 saturated carbocycles. The molecule has 3 aromatic rings. The number of carbonyl (C=O) groups is 3. The SMILES string of the molecule is CO[C@H]1O[C@H](CN=C=S)[C@@H](OC(=O)c2ccccc2)[C@H](OC(=O)c2ccccc2)[C@@H]1OC(=O)c1ccccc1. The fourth-order valence-corrected chi connectivity index (χ4v) is 4.12. The maximum Gasteiger partial charge on any atom is 0.338 e. The number of esters is 3. The molecule has 39 heavy (non-hydrogen) atoms. The number of thiocarbonyl (C=S) groups is 1. The van der Waals surface area contributed by atoms with E-state index in [4.69, 9.17) is 35.9 Å². The number of ether oxygens (including phenoxy) is 5. The molecule has 1 aliphatic rings. The normalized spacial score (nSPS) is 22.1. The van der Waals surface area contributed by atoms with Gasteiger partial charge in [-0.3, -0.25) is 0 Å². The van der Waals surface area contributed by atoms with Crippen LogP contribution < -0.4 is 0 Å². The Morgan fingerprint density at radius 2 is 1.13 bits per heavy atom. The molecule has 0 aliphatic carbocycles. The number of methoxy groups -OCH3 is 1. The van der Waals surface area contributed by atoms with Gasteiger partial charge in [-0.25, -0.2) is 19.4 Å². The van der Waals surface area contributed by atoms with E-state index in [0.717, 1.165) is 0 Å². The zero-order chi connectivity index (χ0) is 27.6. The Morgan fingerprint density at radius 3 is 1.54 bits per heavy atom. The maximum absolute atomic E-state index is 13.2. The summed E-state index contributed by atoms with van der Waals surface area (Å²) in [7, 11) is 1.35. The molecule has 0 bridgehead atoms. The predicted molar refractivity (Wildman–Crippen MR) is 142 cm³/mol. The second-order valence-electron chi connectivity index (χ2n) is 8.42. The average Bonchev–Trinajstić information content (AvgIpc) is 2.99. The third-order valence-electron chi connectivity index (χ3n) is 5.92. The van der Waals surface area contributed by atoms with Crippen LogP contribution in [0.25, 0.3) is 0 Å². The van der Waals surface area contributed by atoms with Crippen molar-refractivity contribution >= 4 is 35.3 Å². The minimum Gasteiger partial charge on any atom is -0.452 e. The highest BCUT2D eigenvalue weighted by molar-refractivity contribution is 7.78. The highest BCUT2D eigenvalue weighted by Crippen LogP contribution is 2.31. The minimum atomic E-state index is -1.33. The molecule has 3 aromatic carbocycles. The summed E-state index contributed by atoms with van der Waals surface area (Å²) < 4.78 is 29.0. The summed E-state index contributed by atoms with van der Waals surface area (Å²) in [5.41, 5.74) is 0.757. The van der Waals surface area contributed by atoms with Gasteiger partial charge in [0.1, 0.15) is 6.10 Å². The molecule has 1 heterocycles. The van der Waals surface area contributed by atoms with Gasteiger partial charge in [-0.2, -0.15) is 0 Å². The van der Waals surface area contributed by atoms with E-state index >= 15 is 0 Å². The van der Waals surface area contributed by atoms with E-state index in [1.165, 1.54) is 7.11 Å². The molecule has 0 N–H and O–H groups in total. The molecule has 0 aromatic heterocycles. The topological polar surface area (TPSA) is 110 Å². The van der Waals surface area contributed by atoms with Gasteiger partial charge in [0.15, 0.2) is 24.6 Å². The third kappa shape index (κ3) is 7.01. The van der Waals surface area contributed by atoms with E-state index in [1.807, 2.05) is 0 Å². The predicted octanol–water partition coefficient (Wildman–Crippen LogP) is 4.14. The van der Waals surface area contributed by atoms with Crippen LogP contribution in [-0.4, -0.2) is 67.4 Å². The number of benzene rings is 3. The van der Waals surface area contributed by atoms with Gasteiger partial charge in [-0.15, -0.1) is 0 Å². The summed E-state index contributed by atoms with van der Waals surface area (Å²) >= 11 is 4.71. The lowest BCUT2D eigenvalue weighted by Gasteiger charge is -2.43. The van der Waals surface area contributed by atoms with Crippen LogP contribution in [0.4, 0.5) is 0 Å². The first kappa shape index (κ1) is 27.8. The van der Waals surface area contributed by atoms with E-state index in [0.29, 0.717) is 0 Å². The van der Waals surface area contributed by atoms with Gasteiger partial charge in [0, 0.05) is 7.11 Å². The number of hydrogen-bond donors (Lipinski definition) is 0. The molecule has 0 amide bonds. The van der Waals surface area contributed by atoms with E-state index in [1.54, 1.807) is 91.0 Å². The van der Waals surface area contributed by atoms with Crippen molar-refractivity contribution in [3.63, 3.8) is 0 Å². The van der Waals surface area contributed by atoms with Gasteiger partial charge in [0.2, 0.25) is 0 Å². The Hall–Kier alpha value is -4.21. The zero-order valence-corrected chi connectivity index (χ0v) is 21.7. The highest BCUT2D eigenvalue weighted by Gasteiger charge is 2.53. The molecule has 1 fully saturated rings. The Bertz CT molecular complexity index is 1310. The lowest BCUT2D eigenvalue weighted by atomic mass is 9.97. The molecular weight excluding hydrogens is 522 g/mol. The quantitative estimate of drug-likeness (QED) is 0.169. The van der Waals surface area contributed by atoms with Crippen LogP contribution >= 0.6 is 12.2 Å². The minimum absolute atomic E-state index is 0.0885. The van der Waals surface area contributed by atoms with Crippen LogP contribution in [0.3, 0.4) is 0 Å². The zero-order valence-electron chi connectivity index (χ0n) is 20.9. The van der Waals surface area contributed by atoms with E-state index < -0.39 is 48.6 Å². The van der Waals surface area contributed by atoms with Crippen molar-refractivity contribution in [3.05, 3.63) is 108 Å². The highest BCUT2D eigenvalue weighted by atomic mass is 32.1. The average molecular weight is 548 g/mol. The molecule has 0 unspecified atom stereocenters. The van der Waals surface area contributed by atoms with Crippen LogP contribution in [0.1, 0.15) is 31.1 Å². The summed E-state index contributed by atoms with van der Waals surface area (Å²) in [6.45, 7) is -0.0885. The number of aliphatic imine (C=N–C) groups is 1. The van der Waals surface area contributed by atoms with Gasteiger partial charge in [0.25, 0.3) is 0 Å². The molecule has 0 spiro atoms. The molecule has 1 aliphatic heterocycles. The van der Waals surface area contributed by atoms with Crippen molar-refractivity contribution < 1.29 is 38.1 Å². The van der Waals surface area contributed by atoms with Crippen molar-refractivity contribution in [2.75, 3.05) is 13.7 Å². The molecule has 200 valence electrons. The van der Waals surface area contributed by atoms with Crippen LogP contribution in [0.15, 0.2) is 96.0 Å². The molecular formula is C29H25NO8S. The van der Waals surface area contributed by atoms with Gasteiger partial charge in [-0.05, 0) is 48.6 Å². The molecule has 4 rings (SSSR count). The Labute approximate surface area is 230 Å². The van der Waals surface area contributed by atoms with Crippen LogP contribution in [0, 0.1) is 0 Å². The summed E-state index contributed by atoms with van der Waals surface area (Å²) in [5.74, 6) is -2.14. The third-order valence-corrected chi connectivity index (χ3v) is 6.05. The number of rotatable bonds is 9. The Morgan fingerprint density at radius 1 is 0.718 bits per heavy atom. The summed E-state index contributed by atoms with van der Waals surface area (Å²) in [5, 5.41) is 2.25.